The first-order chi connectivity index (χ1) is 10.2. The Morgan fingerprint density at radius 2 is 2.05 bits per heavy atom. The van der Waals surface area contributed by atoms with Crippen LogP contribution in [-0.4, -0.2) is 39.8 Å². The molecular weight excluding hydrogens is 393 g/mol. The van der Waals surface area contributed by atoms with E-state index < -0.39 is 0 Å². The fourth-order valence-corrected chi connectivity index (χ4v) is 2.29. The molecule has 1 aliphatic carbocycles. The number of rotatable bonds is 6. The van der Waals surface area contributed by atoms with E-state index in [4.69, 9.17) is 9.47 Å². The monoisotopic (exact) mass is 419 g/mol. The molecule has 2 N–H and O–H groups in total. The second-order valence-corrected chi connectivity index (χ2v) is 5.39. The molecule has 0 saturated heterocycles. The molecule has 1 aromatic rings. The summed E-state index contributed by atoms with van der Waals surface area (Å²) in [5, 5.41) is 6.75. The van der Waals surface area contributed by atoms with Gasteiger partial charge in [-0.05, 0) is 42.5 Å². The highest BCUT2D eigenvalue weighted by atomic mass is 127. The third-order valence-electron chi connectivity index (χ3n) is 3.83. The van der Waals surface area contributed by atoms with Gasteiger partial charge >= 0.3 is 0 Å². The van der Waals surface area contributed by atoms with E-state index in [2.05, 4.69) is 22.5 Å². The van der Waals surface area contributed by atoms with Gasteiger partial charge in [0.2, 0.25) is 0 Å². The third kappa shape index (κ3) is 5.23. The molecule has 0 aliphatic heterocycles. The predicted octanol–water partition coefficient (Wildman–Crippen LogP) is 2.44. The molecule has 124 valence electrons. The lowest BCUT2D eigenvalue weighted by Crippen LogP contribution is -2.39. The molecule has 1 aliphatic rings. The molecule has 2 unspecified atom stereocenters. The van der Waals surface area contributed by atoms with Gasteiger partial charge in [-0.3, -0.25) is 4.99 Å². The smallest absolute Gasteiger partial charge is 0.191 e. The van der Waals surface area contributed by atoms with Crippen LogP contribution in [-0.2, 0) is 6.42 Å². The van der Waals surface area contributed by atoms with Crippen LogP contribution in [0.4, 0.5) is 0 Å². The molecular formula is C16H26IN3O2. The van der Waals surface area contributed by atoms with Crippen molar-refractivity contribution in [1.82, 2.24) is 10.6 Å². The summed E-state index contributed by atoms with van der Waals surface area (Å²) in [5.41, 5.74) is 1.12. The Morgan fingerprint density at radius 1 is 1.32 bits per heavy atom. The molecule has 0 bridgehead atoms. The predicted molar refractivity (Wildman–Crippen MR) is 101 cm³/mol. The van der Waals surface area contributed by atoms with Crippen LogP contribution in [0, 0.1) is 5.92 Å². The maximum Gasteiger partial charge on any atom is 0.191 e. The number of halogens is 1. The summed E-state index contributed by atoms with van der Waals surface area (Å²) >= 11 is 0. The van der Waals surface area contributed by atoms with Crippen LogP contribution in [0.2, 0.25) is 0 Å². The van der Waals surface area contributed by atoms with Crippen LogP contribution in [0.1, 0.15) is 18.9 Å². The lowest BCUT2D eigenvalue weighted by atomic mass is 10.1. The Morgan fingerprint density at radius 3 is 2.59 bits per heavy atom. The van der Waals surface area contributed by atoms with Crippen molar-refractivity contribution in [2.45, 2.75) is 25.8 Å². The van der Waals surface area contributed by atoms with Crippen LogP contribution >= 0.6 is 24.0 Å². The molecule has 0 heterocycles. The standard InChI is InChI=1S/C16H25N3O2.HI/c1-11-9-14(11)19-16(17-2)18-8-7-12-10-13(20-3)5-6-15(12)21-4;/h5-6,10-11,14H,7-9H2,1-4H3,(H2,17,18,19);1H. The van der Waals surface area contributed by atoms with E-state index in [9.17, 15) is 0 Å². The highest BCUT2D eigenvalue weighted by molar-refractivity contribution is 14.0. The van der Waals surface area contributed by atoms with E-state index in [1.54, 1.807) is 21.3 Å². The van der Waals surface area contributed by atoms with E-state index in [1.165, 1.54) is 6.42 Å². The number of hydrogen-bond donors (Lipinski definition) is 2. The Kier molecular flexibility index (Phi) is 7.78. The zero-order chi connectivity index (χ0) is 15.2. The quantitative estimate of drug-likeness (QED) is 0.423. The molecule has 0 aromatic heterocycles. The molecule has 2 rings (SSSR count). The molecule has 1 fully saturated rings. The SMILES string of the molecule is CN=C(NCCc1cc(OC)ccc1OC)NC1CC1C.I. The first-order valence-electron chi connectivity index (χ1n) is 7.36. The van der Waals surface area contributed by atoms with Gasteiger partial charge in [-0.25, -0.2) is 0 Å². The van der Waals surface area contributed by atoms with Gasteiger partial charge in [-0.15, -0.1) is 24.0 Å². The minimum atomic E-state index is 0. The van der Waals surface area contributed by atoms with E-state index in [0.717, 1.165) is 41.9 Å². The average molecular weight is 419 g/mol. The number of nitrogens with one attached hydrogen (secondary N) is 2. The van der Waals surface area contributed by atoms with Crippen molar-refractivity contribution in [3.05, 3.63) is 23.8 Å². The van der Waals surface area contributed by atoms with Gasteiger partial charge < -0.3 is 20.1 Å². The second kappa shape index (κ2) is 9.07. The zero-order valence-electron chi connectivity index (χ0n) is 13.7. The van der Waals surface area contributed by atoms with Gasteiger partial charge in [0.15, 0.2) is 5.96 Å². The summed E-state index contributed by atoms with van der Waals surface area (Å²) in [6.07, 6.45) is 2.08. The molecule has 0 amide bonds. The molecule has 1 aromatic carbocycles. The first kappa shape index (κ1) is 18.9. The number of aliphatic imine (C=N–C) groups is 1. The summed E-state index contributed by atoms with van der Waals surface area (Å²) in [4.78, 5) is 4.25. The Labute approximate surface area is 149 Å². The van der Waals surface area contributed by atoms with Crippen molar-refractivity contribution in [3.8, 4) is 11.5 Å². The van der Waals surface area contributed by atoms with E-state index in [1.807, 2.05) is 18.2 Å². The molecule has 22 heavy (non-hydrogen) atoms. The van der Waals surface area contributed by atoms with Crippen molar-refractivity contribution in [1.29, 1.82) is 0 Å². The minimum absolute atomic E-state index is 0. The summed E-state index contributed by atoms with van der Waals surface area (Å²) in [6.45, 7) is 3.04. The van der Waals surface area contributed by atoms with Gasteiger partial charge in [-0.1, -0.05) is 6.92 Å². The number of benzene rings is 1. The average Bonchev–Trinajstić information content (AvgIpc) is 3.21. The number of nitrogens with zero attached hydrogens (tertiary/aromatic N) is 1. The molecule has 0 spiro atoms. The third-order valence-corrected chi connectivity index (χ3v) is 3.83. The lowest BCUT2D eigenvalue weighted by Gasteiger charge is -2.13. The molecule has 6 heteroatoms. The van der Waals surface area contributed by atoms with E-state index >= 15 is 0 Å². The molecule has 1 saturated carbocycles. The normalized spacial score (nSPS) is 19.9. The van der Waals surface area contributed by atoms with Crippen molar-refractivity contribution in [2.75, 3.05) is 27.8 Å². The van der Waals surface area contributed by atoms with E-state index in [-0.39, 0.29) is 24.0 Å². The van der Waals surface area contributed by atoms with Crippen LogP contribution in [0.3, 0.4) is 0 Å². The van der Waals surface area contributed by atoms with Crippen LogP contribution in [0.15, 0.2) is 23.2 Å². The zero-order valence-corrected chi connectivity index (χ0v) is 16.0. The van der Waals surface area contributed by atoms with Crippen LogP contribution in [0.5, 0.6) is 11.5 Å². The van der Waals surface area contributed by atoms with Crippen molar-refractivity contribution in [2.24, 2.45) is 10.9 Å². The van der Waals surface area contributed by atoms with Crippen molar-refractivity contribution >= 4 is 29.9 Å². The van der Waals surface area contributed by atoms with Crippen molar-refractivity contribution in [3.63, 3.8) is 0 Å². The molecule has 5 nitrogen and oxygen atoms in total. The van der Waals surface area contributed by atoms with Gasteiger partial charge in [0.1, 0.15) is 11.5 Å². The van der Waals surface area contributed by atoms with Crippen LogP contribution < -0.4 is 20.1 Å². The van der Waals surface area contributed by atoms with Gasteiger partial charge in [0.05, 0.1) is 14.2 Å². The molecule has 0 radical (unpaired) electrons. The maximum atomic E-state index is 5.39. The Bertz CT molecular complexity index is 508. The van der Waals surface area contributed by atoms with Gasteiger partial charge in [0.25, 0.3) is 0 Å². The summed E-state index contributed by atoms with van der Waals surface area (Å²) in [6, 6.07) is 6.43. The first-order valence-corrected chi connectivity index (χ1v) is 7.36. The molecule has 2 atom stereocenters. The summed E-state index contributed by atoms with van der Waals surface area (Å²) in [5.74, 6) is 3.35. The highest BCUT2D eigenvalue weighted by Gasteiger charge is 2.33. The van der Waals surface area contributed by atoms with Gasteiger partial charge in [-0.2, -0.15) is 0 Å². The fourth-order valence-electron chi connectivity index (χ4n) is 2.29. The fraction of sp³-hybridized carbons (Fsp3) is 0.562. The van der Waals surface area contributed by atoms with Gasteiger partial charge in [0, 0.05) is 19.6 Å². The van der Waals surface area contributed by atoms with E-state index in [0.29, 0.717) is 6.04 Å². The highest BCUT2D eigenvalue weighted by Crippen LogP contribution is 2.28. The summed E-state index contributed by atoms with van der Waals surface area (Å²) < 4.78 is 10.7. The number of ether oxygens (including phenoxy) is 2. The topological polar surface area (TPSA) is 54.9 Å². The van der Waals surface area contributed by atoms with Crippen LogP contribution in [0.25, 0.3) is 0 Å². The number of hydrogen-bond acceptors (Lipinski definition) is 3. The van der Waals surface area contributed by atoms with Crippen molar-refractivity contribution < 1.29 is 9.47 Å². The Hall–Kier alpha value is -1.18. The number of methoxy groups -OCH3 is 2. The lowest BCUT2D eigenvalue weighted by molar-refractivity contribution is 0.398. The second-order valence-electron chi connectivity index (χ2n) is 5.39. The Balaban J connectivity index is 0.00000242. The minimum Gasteiger partial charge on any atom is -0.497 e. The largest absolute Gasteiger partial charge is 0.497 e. The number of guanidine groups is 1. The maximum absolute atomic E-state index is 5.39. The summed E-state index contributed by atoms with van der Waals surface area (Å²) in [7, 11) is 5.16.